The summed E-state index contributed by atoms with van der Waals surface area (Å²) in [6.07, 6.45) is 13.3. The molecule has 1 heterocycles. The first-order chi connectivity index (χ1) is 9.19. The first kappa shape index (κ1) is 13.9. The quantitative estimate of drug-likeness (QED) is 0.817. The van der Waals surface area contributed by atoms with Gasteiger partial charge in [-0.05, 0) is 50.4 Å². The second kappa shape index (κ2) is 5.37. The molecule has 2 aliphatic carbocycles. The van der Waals surface area contributed by atoms with E-state index in [0.29, 0.717) is 11.8 Å². The van der Waals surface area contributed by atoms with Gasteiger partial charge in [-0.15, -0.1) is 0 Å². The summed E-state index contributed by atoms with van der Waals surface area (Å²) >= 11 is 0. The fraction of sp³-hybridized carbons (Fsp3) is 1.00. The second-order valence-corrected chi connectivity index (χ2v) is 7.27. The summed E-state index contributed by atoms with van der Waals surface area (Å²) in [5, 5.41) is 11.3. The first-order valence-electron chi connectivity index (χ1n) is 8.55. The third-order valence-electron chi connectivity index (χ3n) is 6.29. The van der Waals surface area contributed by atoms with E-state index in [1.165, 1.54) is 44.9 Å². The zero-order chi connectivity index (χ0) is 13.3. The van der Waals surface area contributed by atoms with Crippen molar-refractivity contribution in [2.75, 3.05) is 6.61 Å². The van der Waals surface area contributed by atoms with Crippen LogP contribution in [-0.2, 0) is 4.74 Å². The lowest BCUT2D eigenvalue weighted by Crippen LogP contribution is -2.52. The average molecular weight is 266 g/mol. The molecule has 0 aromatic rings. The predicted octanol–water partition coefficient (Wildman–Crippen LogP) is 4.06. The van der Waals surface area contributed by atoms with E-state index in [-0.39, 0.29) is 11.2 Å². The summed E-state index contributed by atoms with van der Waals surface area (Å²) in [7, 11) is 0. The van der Waals surface area contributed by atoms with Crippen molar-refractivity contribution in [1.82, 2.24) is 0 Å². The van der Waals surface area contributed by atoms with Crippen LogP contribution in [0.3, 0.4) is 0 Å². The van der Waals surface area contributed by atoms with Crippen molar-refractivity contribution in [3.63, 3.8) is 0 Å². The Kier molecular flexibility index (Phi) is 3.92. The molecule has 3 atom stereocenters. The molecule has 2 nitrogen and oxygen atoms in total. The van der Waals surface area contributed by atoms with Crippen molar-refractivity contribution >= 4 is 0 Å². The van der Waals surface area contributed by atoms with Gasteiger partial charge < -0.3 is 9.84 Å². The minimum Gasteiger partial charge on any atom is -0.389 e. The molecule has 3 aliphatic rings. The van der Waals surface area contributed by atoms with Crippen molar-refractivity contribution in [2.24, 2.45) is 11.8 Å². The molecule has 3 unspecified atom stereocenters. The van der Waals surface area contributed by atoms with Crippen LogP contribution in [0.25, 0.3) is 0 Å². The Labute approximate surface area is 117 Å². The summed E-state index contributed by atoms with van der Waals surface area (Å²) in [6.45, 7) is 3.13. The monoisotopic (exact) mass is 266 g/mol. The van der Waals surface area contributed by atoms with Crippen molar-refractivity contribution < 1.29 is 9.84 Å². The van der Waals surface area contributed by atoms with Crippen LogP contribution in [0.15, 0.2) is 0 Å². The number of rotatable bonds is 2. The van der Waals surface area contributed by atoms with Gasteiger partial charge in [0.2, 0.25) is 0 Å². The molecule has 0 bridgehead atoms. The van der Waals surface area contributed by atoms with E-state index in [4.69, 9.17) is 4.74 Å². The lowest BCUT2D eigenvalue weighted by atomic mass is 9.63. The molecule has 2 saturated carbocycles. The van der Waals surface area contributed by atoms with E-state index < -0.39 is 0 Å². The van der Waals surface area contributed by atoms with E-state index >= 15 is 0 Å². The van der Waals surface area contributed by atoms with Crippen molar-refractivity contribution in [3.05, 3.63) is 0 Å². The zero-order valence-electron chi connectivity index (χ0n) is 12.5. The van der Waals surface area contributed by atoms with Crippen molar-refractivity contribution in [3.8, 4) is 0 Å². The van der Waals surface area contributed by atoms with Gasteiger partial charge >= 0.3 is 0 Å². The highest BCUT2D eigenvalue weighted by molar-refractivity contribution is 5.01. The maximum absolute atomic E-state index is 11.3. The molecule has 3 fully saturated rings. The fourth-order valence-corrected chi connectivity index (χ4v) is 5.17. The van der Waals surface area contributed by atoms with Gasteiger partial charge in [-0.2, -0.15) is 0 Å². The van der Waals surface area contributed by atoms with E-state index in [9.17, 15) is 5.11 Å². The summed E-state index contributed by atoms with van der Waals surface area (Å²) < 4.78 is 6.15. The molecule has 1 spiro atoms. The normalized spacial score (nSPS) is 42.6. The molecule has 0 aromatic carbocycles. The Morgan fingerprint density at radius 2 is 1.79 bits per heavy atom. The summed E-state index contributed by atoms with van der Waals surface area (Å²) in [5.74, 6) is 1.02. The number of hydrogen-bond acceptors (Lipinski definition) is 2. The molecule has 110 valence electrons. The van der Waals surface area contributed by atoms with Crippen LogP contribution in [0.5, 0.6) is 0 Å². The van der Waals surface area contributed by atoms with E-state index in [2.05, 4.69) is 6.92 Å². The molecular formula is C17H30O2. The van der Waals surface area contributed by atoms with Gasteiger partial charge in [0.1, 0.15) is 0 Å². The summed E-state index contributed by atoms with van der Waals surface area (Å²) in [6, 6.07) is 0. The largest absolute Gasteiger partial charge is 0.389 e. The molecule has 0 aromatic heterocycles. The van der Waals surface area contributed by atoms with Crippen LogP contribution in [0.1, 0.15) is 77.6 Å². The van der Waals surface area contributed by atoms with Gasteiger partial charge in [0.25, 0.3) is 0 Å². The molecule has 19 heavy (non-hydrogen) atoms. The third kappa shape index (κ3) is 2.47. The Bertz CT molecular complexity index is 308. The molecular weight excluding hydrogens is 236 g/mol. The van der Waals surface area contributed by atoms with E-state index in [1.807, 2.05) is 0 Å². The topological polar surface area (TPSA) is 29.5 Å². The SMILES string of the molecule is CCC1CCCCC1(O)C1CCOC2(CCCC2)C1. The maximum atomic E-state index is 11.3. The van der Waals surface area contributed by atoms with Gasteiger partial charge in [-0.25, -0.2) is 0 Å². The zero-order valence-corrected chi connectivity index (χ0v) is 12.5. The molecule has 1 aliphatic heterocycles. The smallest absolute Gasteiger partial charge is 0.0705 e. The number of ether oxygens (including phenoxy) is 1. The number of hydrogen-bond donors (Lipinski definition) is 1. The van der Waals surface area contributed by atoms with Crippen LogP contribution < -0.4 is 0 Å². The van der Waals surface area contributed by atoms with Crippen LogP contribution in [0, 0.1) is 11.8 Å². The predicted molar refractivity (Wildman–Crippen MR) is 77.1 cm³/mol. The Balaban J connectivity index is 1.76. The fourth-order valence-electron chi connectivity index (χ4n) is 5.17. The van der Waals surface area contributed by atoms with Crippen molar-refractivity contribution in [1.29, 1.82) is 0 Å². The lowest BCUT2D eigenvalue weighted by Gasteiger charge is -2.50. The lowest BCUT2D eigenvalue weighted by molar-refractivity contribution is -0.168. The number of aliphatic hydroxyl groups is 1. The highest BCUT2D eigenvalue weighted by Crippen LogP contribution is 2.50. The average Bonchev–Trinajstić information content (AvgIpc) is 2.87. The van der Waals surface area contributed by atoms with E-state index in [0.717, 1.165) is 32.3 Å². The molecule has 0 amide bonds. The molecule has 1 N–H and O–H groups in total. The maximum Gasteiger partial charge on any atom is 0.0705 e. The molecule has 1 saturated heterocycles. The molecule has 3 rings (SSSR count). The van der Waals surface area contributed by atoms with Gasteiger partial charge in [-0.3, -0.25) is 0 Å². The van der Waals surface area contributed by atoms with Crippen LogP contribution in [0.2, 0.25) is 0 Å². The van der Waals surface area contributed by atoms with Crippen LogP contribution in [-0.4, -0.2) is 22.9 Å². The molecule has 2 heteroatoms. The Morgan fingerprint density at radius 3 is 2.53 bits per heavy atom. The Hall–Kier alpha value is -0.0800. The first-order valence-corrected chi connectivity index (χ1v) is 8.55. The summed E-state index contributed by atoms with van der Waals surface area (Å²) in [5.41, 5.74) is -0.235. The minimum atomic E-state index is -0.383. The standard InChI is InChI=1S/C17H30O2/c1-2-14-7-3-4-11-17(14,18)15-8-12-19-16(13-15)9-5-6-10-16/h14-15,18H,2-13H2,1H3. The van der Waals surface area contributed by atoms with E-state index in [1.54, 1.807) is 0 Å². The van der Waals surface area contributed by atoms with Gasteiger partial charge in [-0.1, -0.05) is 39.0 Å². The van der Waals surface area contributed by atoms with Crippen LogP contribution >= 0.6 is 0 Å². The second-order valence-electron chi connectivity index (χ2n) is 7.27. The van der Waals surface area contributed by atoms with Gasteiger partial charge in [0, 0.05) is 6.61 Å². The Morgan fingerprint density at radius 1 is 1.05 bits per heavy atom. The van der Waals surface area contributed by atoms with Gasteiger partial charge in [0.05, 0.1) is 11.2 Å². The third-order valence-corrected chi connectivity index (χ3v) is 6.29. The van der Waals surface area contributed by atoms with Crippen molar-refractivity contribution in [2.45, 2.75) is 88.8 Å². The molecule has 0 radical (unpaired) electrons. The summed E-state index contributed by atoms with van der Waals surface area (Å²) in [4.78, 5) is 0. The highest BCUT2D eigenvalue weighted by Gasteiger charge is 2.50. The highest BCUT2D eigenvalue weighted by atomic mass is 16.5. The van der Waals surface area contributed by atoms with Crippen LogP contribution in [0.4, 0.5) is 0 Å². The minimum absolute atomic E-state index is 0.147. The van der Waals surface area contributed by atoms with Gasteiger partial charge in [0.15, 0.2) is 0 Å².